The van der Waals surface area contributed by atoms with Crippen molar-refractivity contribution in [2.45, 2.75) is 6.61 Å². The summed E-state index contributed by atoms with van der Waals surface area (Å²) in [7, 11) is 3.02. The first-order valence-corrected chi connectivity index (χ1v) is 8.29. The molecule has 28 heavy (non-hydrogen) atoms. The smallest absolute Gasteiger partial charge is 0.387 e. The third-order valence-electron chi connectivity index (χ3n) is 3.63. The van der Waals surface area contributed by atoms with Crippen molar-refractivity contribution in [3.63, 3.8) is 0 Å². The minimum Gasteiger partial charge on any atom is -0.497 e. The summed E-state index contributed by atoms with van der Waals surface area (Å²) in [6.07, 6.45) is 2.81. The van der Waals surface area contributed by atoms with Crippen LogP contribution in [0.1, 0.15) is 5.56 Å². The van der Waals surface area contributed by atoms with Gasteiger partial charge in [-0.3, -0.25) is 9.59 Å². The lowest BCUT2D eigenvalue weighted by molar-refractivity contribution is -0.129. The Morgan fingerprint density at radius 1 is 1.14 bits per heavy atom. The Hall–Kier alpha value is -3.42. The highest BCUT2D eigenvalue weighted by Crippen LogP contribution is 2.17. The van der Waals surface area contributed by atoms with Gasteiger partial charge in [0.25, 0.3) is 0 Å². The quantitative estimate of drug-likeness (QED) is 0.702. The van der Waals surface area contributed by atoms with Gasteiger partial charge in [0, 0.05) is 24.9 Å². The van der Waals surface area contributed by atoms with E-state index in [2.05, 4.69) is 10.1 Å². The van der Waals surface area contributed by atoms with Crippen molar-refractivity contribution in [2.75, 3.05) is 26.0 Å². The van der Waals surface area contributed by atoms with Crippen LogP contribution < -0.4 is 14.8 Å². The molecule has 148 valence electrons. The lowest BCUT2D eigenvalue weighted by Gasteiger charge is -2.15. The van der Waals surface area contributed by atoms with E-state index in [1.807, 2.05) is 0 Å². The van der Waals surface area contributed by atoms with E-state index in [0.29, 0.717) is 17.0 Å². The van der Waals surface area contributed by atoms with E-state index in [0.717, 1.165) is 0 Å². The lowest BCUT2D eigenvalue weighted by atomic mass is 10.2. The highest BCUT2D eigenvalue weighted by atomic mass is 19.3. The van der Waals surface area contributed by atoms with Crippen LogP contribution in [0.4, 0.5) is 14.5 Å². The van der Waals surface area contributed by atoms with Crippen LogP contribution in [0.25, 0.3) is 6.08 Å². The van der Waals surface area contributed by atoms with Crippen LogP contribution in [0.2, 0.25) is 0 Å². The fraction of sp³-hybridized carbons (Fsp3) is 0.200. The van der Waals surface area contributed by atoms with Crippen molar-refractivity contribution in [3.8, 4) is 11.5 Å². The van der Waals surface area contributed by atoms with Gasteiger partial charge < -0.3 is 19.7 Å². The molecule has 0 spiro atoms. The molecule has 6 nitrogen and oxygen atoms in total. The van der Waals surface area contributed by atoms with E-state index in [1.54, 1.807) is 24.3 Å². The van der Waals surface area contributed by atoms with Crippen LogP contribution in [0.3, 0.4) is 0 Å². The summed E-state index contributed by atoms with van der Waals surface area (Å²) in [5.41, 5.74) is 1.19. The molecular formula is C20H20F2N2O4. The molecule has 0 aromatic heterocycles. The Labute approximate surface area is 161 Å². The predicted octanol–water partition coefficient (Wildman–Crippen LogP) is 3.41. The number of rotatable bonds is 8. The average molecular weight is 390 g/mol. The Balaban J connectivity index is 1.87. The number of alkyl halides is 2. The minimum atomic E-state index is -2.89. The molecule has 0 heterocycles. The summed E-state index contributed by atoms with van der Waals surface area (Å²) in [6.45, 7) is -3.03. The third kappa shape index (κ3) is 6.71. The zero-order valence-corrected chi connectivity index (χ0v) is 15.4. The van der Waals surface area contributed by atoms with Crippen molar-refractivity contribution >= 4 is 23.6 Å². The fourth-order valence-electron chi connectivity index (χ4n) is 2.25. The predicted molar refractivity (Wildman–Crippen MR) is 101 cm³/mol. The molecule has 8 heteroatoms. The van der Waals surface area contributed by atoms with E-state index < -0.39 is 6.61 Å². The SMILES string of the molecule is COc1cccc(NC(=O)CN(C)C(=O)/C=C/c2ccc(OC(F)F)cc2)c1. The molecule has 2 aromatic carbocycles. The normalized spacial score (nSPS) is 10.8. The first-order chi connectivity index (χ1) is 13.4. The average Bonchev–Trinajstić information content (AvgIpc) is 2.66. The first kappa shape index (κ1) is 20.9. The molecule has 0 unspecified atom stereocenters. The van der Waals surface area contributed by atoms with E-state index >= 15 is 0 Å². The number of hydrogen-bond acceptors (Lipinski definition) is 4. The van der Waals surface area contributed by atoms with E-state index in [-0.39, 0.29) is 24.1 Å². The zero-order chi connectivity index (χ0) is 20.5. The van der Waals surface area contributed by atoms with Crippen LogP contribution in [0, 0.1) is 0 Å². The molecule has 0 saturated carbocycles. The second-order valence-electron chi connectivity index (χ2n) is 5.76. The molecule has 2 aromatic rings. The molecule has 0 aliphatic heterocycles. The van der Waals surface area contributed by atoms with Crippen molar-refractivity contribution in [2.24, 2.45) is 0 Å². The number of nitrogens with one attached hydrogen (secondary N) is 1. The Morgan fingerprint density at radius 3 is 2.50 bits per heavy atom. The largest absolute Gasteiger partial charge is 0.497 e. The summed E-state index contributed by atoms with van der Waals surface area (Å²) in [4.78, 5) is 25.5. The Bertz CT molecular complexity index is 838. The number of likely N-dealkylation sites (N-methyl/N-ethyl adjacent to an activating group) is 1. The van der Waals surface area contributed by atoms with Gasteiger partial charge in [-0.25, -0.2) is 0 Å². The number of hydrogen-bond donors (Lipinski definition) is 1. The van der Waals surface area contributed by atoms with Gasteiger partial charge in [0.05, 0.1) is 13.7 Å². The monoisotopic (exact) mass is 390 g/mol. The topological polar surface area (TPSA) is 67.9 Å². The fourth-order valence-corrected chi connectivity index (χ4v) is 2.25. The number of carbonyl (C=O) groups excluding carboxylic acids is 2. The zero-order valence-electron chi connectivity index (χ0n) is 15.4. The van der Waals surface area contributed by atoms with Gasteiger partial charge in [-0.05, 0) is 35.9 Å². The van der Waals surface area contributed by atoms with E-state index in [9.17, 15) is 18.4 Å². The van der Waals surface area contributed by atoms with Gasteiger partial charge in [0.15, 0.2) is 0 Å². The van der Waals surface area contributed by atoms with E-state index in [4.69, 9.17) is 4.74 Å². The summed E-state index contributed by atoms with van der Waals surface area (Å²) in [5, 5.41) is 2.69. The number of nitrogens with zero attached hydrogens (tertiary/aromatic N) is 1. The Kier molecular flexibility index (Phi) is 7.50. The molecule has 0 bridgehead atoms. The van der Waals surface area contributed by atoms with Gasteiger partial charge in [-0.2, -0.15) is 8.78 Å². The number of methoxy groups -OCH3 is 1. The van der Waals surface area contributed by atoms with Gasteiger partial charge >= 0.3 is 6.61 Å². The number of anilines is 1. The van der Waals surface area contributed by atoms with Crippen LogP contribution in [-0.2, 0) is 9.59 Å². The third-order valence-corrected chi connectivity index (χ3v) is 3.63. The van der Waals surface area contributed by atoms with Crippen LogP contribution >= 0.6 is 0 Å². The molecule has 0 fully saturated rings. The standard InChI is InChI=1S/C20H20F2N2O4/c1-24(13-18(25)23-15-4-3-5-17(12-15)27-2)19(26)11-8-14-6-9-16(10-7-14)28-20(21)22/h3-12,20H,13H2,1-2H3,(H,23,25)/b11-8+. The van der Waals surface area contributed by atoms with E-state index in [1.165, 1.54) is 55.5 Å². The van der Waals surface area contributed by atoms with Crippen LogP contribution in [0.15, 0.2) is 54.6 Å². The Morgan fingerprint density at radius 2 is 1.86 bits per heavy atom. The summed E-state index contributed by atoms with van der Waals surface area (Å²) in [6, 6.07) is 12.7. The number of amides is 2. The van der Waals surface area contributed by atoms with Gasteiger partial charge in [-0.15, -0.1) is 0 Å². The molecule has 0 radical (unpaired) electrons. The molecule has 0 saturated heterocycles. The van der Waals surface area contributed by atoms with Crippen molar-refractivity contribution < 1.29 is 27.8 Å². The van der Waals surface area contributed by atoms with Crippen molar-refractivity contribution in [3.05, 3.63) is 60.2 Å². The second kappa shape index (κ2) is 10.1. The lowest BCUT2D eigenvalue weighted by Crippen LogP contribution is -2.33. The van der Waals surface area contributed by atoms with Gasteiger partial charge in [-0.1, -0.05) is 18.2 Å². The highest BCUT2D eigenvalue weighted by Gasteiger charge is 2.11. The van der Waals surface area contributed by atoms with Crippen molar-refractivity contribution in [1.82, 2.24) is 4.90 Å². The molecule has 0 atom stereocenters. The maximum Gasteiger partial charge on any atom is 0.387 e. The highest BCUT2D eigenvalue weighted by molar-refractivity contribution is 5.98. The summed E-state index contributed by atoms with van der Waals surface area (Å²) < 4.78 is 33.6. The number of ether oxygens (including phenoxy) is 2. The van der Waals surface area contributed by atoms with Crippen molar-refractivity contribution in [1.29, 1.82) is 0 Å². The number of carbonyl (C=O) groups is 2. The number of benzene rings is 2. The maximum atomic E-state index is 12.1. The number of halogens is 2. The van der Waals surface area contributed by atoms with Crippen LogP contribution in [0.5, 0.6) is 11.5 Å². The molecule has 0 aliphatic rings. The summed E-state index contributed by atoms with van der Waals surface area (Å²) in [5.74, 6) is -0.0976. The first-order valence-electron chi connectivity index (χ1n) is 8.29. The molecular weight excluding hydrogens is 370 g/mol. The maximum absolute atomic E-state index is 12.1. The van der Waals surface area contributed by atoms with Gasteiger partial charge in [0.2, 0.25) is 11.8 Å². The second-order valence-corrected chi connectivity index (χ2v) is 5.76. The minimum absolute atomic E-state index is 0.0322. The summed E-state index contributed by atoms with van der Waals surface area (Å²) >= 11 is 0. The molecule has 2 rings (SSSR count). The van der Waals surface area contributed by atoms with Crippen LogP contribution in [-0.4, -0.2) is 44.0 Å². The van der Waals surface area contributed by atoms with Gasteiger partial charge in [0.1, 0.15) is 11.5 Å². The molecule has 0 aliphatic carbocycles. The molecule has 1 N–H and O–H groups in total. The molecule has 2 amide bonds.